The number of hydrogen-bond acceptors (Lipinski definition) is 4. The van der Waals surface area contributed by atoms with Crippen LogP contribution in [0.1, 0.15) is 30.0 Å². The molecule has 43 heavy (non-hydrogen) atoms. The topological polar surface area (TPSA) is 86.8 Å². The van der Waals surface area contributed by atoms with Gasteiger partial charge in [0.15, 0.2) is 0 Å². The molecule has 4 aromatic carbocycles. The van der Waals surface area contributed by atoms with E-state index in [0.29, 0.717) is 22.8 Å². The minimum absolute atomic E-state index is 0.0401. The van der Waals surface area contributed by atoms with Gasteiger partial charge in [0.05, 0.1) is 10.6 Å². The molecule has 1 unspecified atom stereocenters. The highest BCUT2D eigenvalue weighted by molar-refractivity contribution is 7.92. The van der Waals surface area contributed by atoms with E-state index in [1.54, 1.807) is 43.3 Å². The predicted octanol–water partition coefficient (Wildman–Crippen LogP) is 6.01. The van der Waals surface area contributed by atoms with Gasteiger partial charge in [0.25, 0.3) is 10.0 Å². The molecule has 2 amide bonds. The lowest BCUT2D eigenvalue weighted by Crippen LogP contribution is -2.53. The molecule has 0 aromatic heterocycles. The Bertz CT molecular complexity index is 1620. The number of carbonyl (C=O) groups is 2. The molecule has 0 saturated carbocycles. The van der Waals surface area contributed by atoms with Crippen LogP contribution in [0.25, 0.3) is 0 Å². The molecule has 0 aliphatic heterocycles. The van der Waals surface area contributed by atoms with Gasteiger partial charge in [-0.1, -0.05) is 103 Å². The van der Waals surface area contributed by atoms with Crippen LogP contribution in [-0.2, 0) is 32.6 Å². The van der Waals surface area contributed by atoms with E-state index in [9.17, 15) is 18.0 Å². The van der Waals surface area contributed by atoms with E-state index in [2.05, 4.69) is 5.32 Å². The molecule has 0 radical (unpaired) electrons. The van der Waals surface area contributed by atoms with Gasteiger partial charge in [-0.3, -0.25) is 13.9 Å². The third kappa shape index (κ3) is 8.24. The van der Waals surface area contributed by atoms with E-state index >= 15 is 0 Å². The summed E-state index contributed by atoms with van der Waals surface area (Å²) in [4.78, 5) is 29.6. The Kier molecular flexibility index (Phi) is 11.0. The van der Waals surface area contributed by atoms with Gasteiger partial charge in [-0.25, -0.2) is 8.42 Å². The number of carbonyl (C=O) groups excluding carboxylic acids is 2. The Morgan fingerprint density at radius 3 is 2.02 bits per heavy atom. The van der Waals surface area contributed by atoms with Crippen LogP contribution in [0.2, 0.25) is 5.02 Å². The lowest BCUT2D eigenvalue weighted by molar-refractivity contribution is -0.140. The van der Waals surface area contributed by atoms with E-state index in [1.807, 2.05) is 67.6 Å². The van der Waals surface area contributed by atoms with Gasteiger partial charge in [0.1, 0.15) is 12.6 Å². The maximum Gasteiger partial charge on any atom is 0.264 e. The number of nitrogens with zero attached hydrogens (tertiary/aromatic N) is 2. The average Bonchev–Trinajstić information content (AvgIpc) is 3.03. The van der Waals surface area contributed by atoms with Crippen LogP contribution in [0.3, 0.4) is 0 Å². The van der Waals surface area contributed by atoms with E-state index in [4.69, 9.17) is 11.6 Å². The fraction of sp³-hybridized carbons (Fsp3) is 0.235. The zero-order valence-corrected chi connectivity index (χ0v) is 25.9. The molecule has 0 heterocycles. The molecule has 0 spiro atoms. The van der Waals surface area contributed by atoms with Gasteiger partial charge in [0, 0.05) is 24.5 Å². The third-order valence-electron chi connectivity index (χ3n) is 7.07. The van der Waals surface area contributed by atoms with Crippen LogP contribution >= 0.6 is 11.6 Å². The summed E-state index contributed by atoms with van der Waals surface area (Å²) in [5, 5.41) is 3.29. The smallest absolute Gasteiger partial charge is 0.264 e. The second-order valence-electron chi connectivity index (χ2n) is 10.3. The Morgan fingerprint density at radius 1 is 0.837 bits per heavy atom. The zero-order chi connectivity index (χ0) is 30.8. The quantitative estimate of drug-likeness (QED) is 0.199. The highest BCUT2D eigenvalue weighted by Crippen LogP contribution is 2.30. The Hall–Kier alpha value is -4.14. The van der Waals surface area contributed by atoms with Gasteiger partial charge >= 0.3 is 0 Å². The van der Waals surface area contributed by atoms with Gasteiger partial charge in [-0.05, 0) is 54.3 Å². The van der Waals surface area contributed by atoms with Crippen molar-refractivity contribution in [3.63, 3.8) is 0 Å². The molecular formula is C34H36ClN3O4S. The number of hydrogen-bond donors (Lipinski definition) is 1. The molecule has 4 aromatic rings. The van der Waals surface area contributed by atoms with Crippen molar-refractivity contribution in [1.82, 2.24) is 10.2 Å². The second kappa shape index (κ2) is 14.8. The van der Waals surface area contributed by atoms with Crippen molar-refractivity contribution in [3.8, 4) is 0 Å². The van der Waals surface area contributed by atoms with Gasteiger partial charge in [0.2, 0.25) is 11.8 Å². The molecule has 0 aliphatic carbocycles. The molecule has 0 fully saturated rings. The fourth-order valence-electron chi connectivity index (χ4n) is 4.78. The van der Waals surface area contributed by atoms with Crippen LogP contribution in [0.4, 0.5) is 5.69 Å². The first kappa shape index (κ1) is 31.8. The minimum Gasteiger partial charge on any atom is -0.354 e. The molecule has 9 heteroatoms. The van der Waals surface area contributed by atoms with Crippen LogP contribution < -0.4 is 9.62 Å². The van der Waals surface area contributed by atoms with Gasteiger partial charge in [-0.2, -0.15) is 0 Å². The zero-order valence-electron chi connectivity index (χ0n) is 24.3. The first-order valence-electron chi connectivity index (χ1n) is 14.2. The molecule has 7 nitrogen and oxygen atoms in total. The minimum atomic E-state index is -4.19. The lowest BCUT2D eigenvalue weighted by atomic mass is 10.0. The number of anilines is 1. The number of halogens is 1. The van der Waals surface area contributed by atoms with Crippen molar-refractivity contribution < 1.29 is 18.0 Å². The molecular weight excluding hydrogens is 582 g/mol. The predicted molar refractivity (Wildman–Crippen MR) is 171 cm³/mol. The monoisotopic (exact) mass is 617 g/mol. The summed E-state index contributed by atoms with van der Waals surface area (Å²) in [6.07, 6.45) is 0.990. The van der Waals surface area contributed by atoms with E-state index in [1.165, 1.54) is 17.0 Å². The highest BCUT2D eigenvalue weighted by atomic mass is 35.5. The molecule has 4 rings (SSSR count). The Balaban J connectivity index is 1.80. The Labute approximate surface area is 259 Å². The molecule has 0 bridgehead atoms. The van der Waals surface area contributed by atoms with Crippen molar-refractivity contribution in [1.29, 1.82) is 0 Å². The summed E-state index contributed by atoms with van der Waals surface area (Å²) in [6.45, 7) is 3.76. The van der Waals surface area contributed by atoms with E-state index in [0.717, 1.165) is 21.9 Å². The molecule has 224 valence electrons. The second-order valence-corrected chi connectivity index (χ2v) is 12.6. The molecule has 0 aliphatic rings. The number of sulfonamides is 1. The van der Waals surface area contributed by atoms with Crippen molar-refractivity contribution >= 4 is 39.1 Å². The van der Waals surface area contributed by atoms with Crippen molar-refractivity contribution in [2.45, 2.75) is 44.2 Å². The summed E-state index contributed by atoms with van der Waals surface area (Å²) < 4.78 is 29.3. The van der Waals surface area contributed by atoms with E-state index < -0.39 is 28.5 Å². The fourth-order valence-corrected chi connectivity index (χ4v) is 6.44. The Morgan fingerprint density at radius 2 is 1.42 bits per heavy atom. The maximum absolute atomic E-state index is 14.4. The van der Waals surface area contributed by atoms with Crippen molar-refractivity contribution in [3.05, 3.63) is 131 Å². The molecule has 1 atom stereocenters. The van der Waals surface area contributed by atoms with Gasteiger partial charge in [-0.15, -0.1) is 0 Å². The largest absolute Gasteiger partial charge is 0.354 e. The first-order chi connectivity index (χ1) is 20.7. The number of amides is 2. The number of benzene rings is 4. The van der Waals surface area contributed by atoms with Crippen molar-refractivity contribution in [2.24, 2.45) is 0 Å². The SMILES string of the molecule is CCCNC(=O)C(Cc1ccccc1)N(Cc1ccccc1)C(=O)CN(c1cc(Cl)ccc1C)S(=O)(=O)c1ccccc1. The number of rotatable bonds is 13. The van der Waals surface area contributed by atoms with Crippen LogP contribution in [-0.4, -0.2) is 44.3 Å². The van der Waals surface area contributed by atoms with Crippen LogP contribution in [0.15, 0.2) is 114 Å². The van der Waals surface area contributed by atoms with Crippen molar-refractivity contribution in [2.75, 3.05) is 17.4 Å². The summed E-state index contributed by atoms with van der Waals surface area (Å²) in [6, 6.07) is 30.9. The summed E-state index contributed by atoms with van der Waals surface area (Å²) in [5.74, 6) is -0.818. The standard InChI is InChI=1S/C34H36ClN3O4S/c1-3-21-36-34(40)32(22-27-13-7-4-8-14-27)37(24-28-15-9-5-10-16-28)33(39)25-38(31-23-29(35)20-19-26(31)2)43(41,42)30-17-11-6-12-18-30/h4-20,23,32H,3,21-22,24-25H2,1-2H3,(H,36,40). The summed E-state index contributed by atoms with van der Waals surface area (Å²) >= 11 is 6.32. The number of aryl methyl sites for hydroxylation is 1. The highest BCUT2D eigenvalue weighted by Gasteiger charge is 2.35. The summed E-state index contributed by atoms with van der Waals surface area (Å²) in [5.41, 5.74) is 2.62. The first-order valence-corrected chi connectivity index (χ1v) is 16.0. The van der Waals surface area contributed by atoms with Crippen LogP contribution in [0.5, 0.6) is 0 Å². The maximum atomic E-state index is 14.4. The van der Waals surface area contributed by atoms with E-state index in [-0.39, 0.29) is 23.8 Å². The molecule has 1 N–H and O–H groups in total. The van der Waals surface area contributed by atoms with Gasteiger partial charge < -0.3 is 10.2 Å². The summed E-state index contributed by atoms with van der Waals surface area (Å²) in [7, 11) is -4.19. The average molecular weight is 618 g/mol. The molecule has 0 saturated heterocycles. The normalized spacial score (nSPS) is 11.9. The number of nitrogens with one attached hydrogen (secondary N) is 1. The lowest BCUT2D eigenvalue weighted by Gasteiger charge is -2.34. The third-order valence-corrected chi connectivity index (χ3v) is 9.08. The van der Waals surface area contributed by atoms with Crippen LogP contribution in [0, 0.1) is 6.92 Å².